The molecular formula is C11H21NO4. The second kappa shape index (κ2) is 7.22. The number of carbonyl (C=O) groups is 2. The lowest BCUT2D eigenvalue weighted by Gasteiger charge is -2.19. The molecule has 94 valence electrons. The maximum absolute atomic E-state index is 11.5. The Balaban J connectivity index is 4.19. The molecule has 1 amide bonds. The third-order valence-electron chi connectivity index (χ3n) is 2.23. The Hall–Kier alpha value is -1.10. The van der Waals surface area contributed by atoms with Gasteiger partial charge in [-0.15, -0.1) is 0 Å². The fourth-order valence-corrected chi connectivity index (χ4v) is 1.21. The Bertz CT molecular complexity index is 238. The average Bonchev–Trinajstić information content (AvgIpc) is 2.21. The molecule has 2 unspecified atom stereocenters. The summed E-state index contributed by atoms with van der Waals surface area (Å²) in [6, 6.07) is -0.619. The van der Waals surface area contributed by atoms with Gasteiger partial charge in [0, 0.05) is 6.42 Å². The van der Waals surface area contributed by atoms with E-state index in [4.69, 9.17) is 5.11 Å². The van der Waals surface area contributed by atoms with Gasteiger partial charge in [0.25, 0.3) is 0 Å². The normalized spacial score (nSPS) is 14.4. The van der Waals surface area contributed by atoms with Gasteiger partial charge < -0.3 is 15.2 Å². The summed E-state index contributed by atoms with van der Waals surface area (Å²) in [7, 11) is 1.29. The van der Waals surface area contributed by atoms with Crippen LogP contribution in [-0.2, 0) is 14.3 Å². The fourth-order valence-electron chi connectivity index (χ4n) is 1.21. The molecule has 0 aliphatic rings. The summed E-state index contributed by atoms with van der Waals surface area (Å²) in [5.41, 5.74) is 0. The minimum atomic E-state index is -0.619. The zero-order valence-electron chi connectivity index (χ0n) is 10.3. The summed E-state index contributed by atoms with van der Waals surface area (Å²) in [5, 5.41) is 11.6. The van der Waals surface area contributed by atoms with Crippen molar-refractivity contribution in [2.24, 2.45) is 5.92 Å². The van der Waals surface area contributed by atoms with E-state index in [0.717, 1.165) is 0 Å². The van der Waals surface area contributed by atoms with Gasteiger partial charge in [-0.1, -0.05) is 13.8 Å². The van der Waals surface area contributed by atoms with Crippen molar-refractivity contribution in [3.05, 3.63) is 0 Å². The molecule has 0 saturated heterocycles. The van der Waals surface area contributed by atoms with Gasteiger partial charge in [-0.2, -0.15) is 0 Å². The summed E-state index contributed by atoms with van der Waals surface area (Å²) in [6.45, 7) is 5.28. The Kier molecular flexibility index (Phi) is 6.72. The summed E-state index contributed by atoms with van der Waals surface area (Å²) < 4.78 is 4.60. The first kappa shape index (κ1) is 14.9. The Labute approximate surface area is 96.2 Å². The van der Waals surface area contributed by atoms with Crippen LogP contribution in [0.5, 0.6) is 0 Å². The molecule has 0 spiro atoms. The molecule has 0 aromatic heterocycles. The topological polar surface area (TPSA) is 75.6 Å². The van der Waals surface area contributed by atoms with Gasteiger partial charge in [0.15, 0.2) is 0 Å². The van der Waals surface area contributed by atoms with Crippen LogP contribution in [0.1, 0.15) is 33.6 Å². The minimum Gasteiger partial charge on any atom is -0.467 e. The first-order chi connectivity index (χ1) is 7.38. The monoisotopic (exact) mass is 231 g/mol. The number of methoxy groups -OCH3 is 1. The molecule has 5 nitrogen and oxygen atoms in total. The quantitative estimate of drug-likeness (QED) is 0.651. The number of rotatable bonds is 6. The Morgan fingerprint density at radius 1 is 1.31 bits per heavy atom. The van der Waals surface area contributed by atoms with Crippen LogP contribution < -0.4 is 5.32 Å². The third kappa shape index (κ3) is 5.70. The first-order valence-corrected chi connectivity index (χ1v) is 5.43. The minimum absolute atomic E-state index is 0.0250. The highest BCUT2D eigenvalue weighted by Gasteiger charge is 2.24. The Morgan fingerprint density at radius 3 is 2.25 bits per heavy atom. The molecule has 0 aliphatic heterocycles. The van der Waals surface area contributed by atoms with Crippen molar-refractivity contribution in [2.75, 3.05) is 7.11 Å². The highest BCUT2D eigenvalue weighted by atomic mass is 16.5. The molecule has 5 heteroatoms. The van der Waals surface area contributed by atoms with Crippen molar-refractivity contribution in [2.45, 2.75) is 45.8 Å². The third-order valence-corrected chi connectivity index (χ3v) is 2.23. The number of carbonyl (C=O) groups excluding carboxylic acids is 2. The number of hydrogen-bond acceptors (Lipinski definition) is 4. The van der Waals surface area contributed by atoms with E-state index in [1.54, 1.807) is 6.92 Å². The van der Waals surface area contributed by atoms with E-state index in [0.29, 0.717) is 6.42 Å². The van der Waals surface area contributed by atoms with Crippen LogP contribution in [0.2, 0.25) is 0 Å². The molecule has 16 heavy (non-hydrogen) atoms. The highest BCUT2D eigenvalue weighted by Crippen LogP contribution is 2.05. The lowest BCUT2D eigenvalue weighted by molar-refractivity contribution is -0.146. The molecule has 0 aromatic rings. The highest BCUT2D eigenvalue weighted by molar-refractivity contribution is 5.84. The smallest absolute Gasteiger partial charge is 0.328 e. The molecule has 0 radical (unpaired) electrons. The van der Waals surface area contributed by atoms with Gasteiger partial charge in [0.05, 0.1) is 13.2 Å². The van der Waals surface area contributed by atoms with E-state index in [1.165, 1.54) is 7.11 Å². The van der Waals surface area contributed by atoms with Gasteiger partial charge in [0.2, 0.25) is 5.91 Å². The SMILES string of the molecule is COC(=O)C(NC(=O)CCC(C)O)C(C)C. The van der Waals surface area contributed by atoms with Gasteiger partial charge in [-0.25, -0.2) is 4.79 Å². The van der Waals surface area contributed by atoms with Crippen molar-refractivity contribution in [1.82, 2.24) is 5.32 Å². The number of ether oxygens (including phenoxy) is 1. The molecule has 2 N–H and O–H groups in total. The Morgan fingerprint density at radius 2 is 1.88 bits per heavy atom. The van der Waals surface area contributed by atoms with Gasteiger partial charge in [-0.3, -0.25) is 4.79 Å². The lowest BCUT2D eigenvalue weighted by Crippen LogP contribution is -2.45. The van der Waals surface area contributed by atoms with Gasteiger partial charge in [-0.05, 0) is 19.3 Å². The largest absolute Gasteiger partial charge is 0.467 e. The van der Waals surface area contributed by atoms with E-state index < -0.39 is 18.1 Å². The molecule has 0 aromatic carbocycles. The number of aliphatic hydroxyl groups excluding tert-OH is 1. The van der Waals surface area contributed by atoms with E-state index in [-0.39, 0.29) is 18.2 Å². The standard InChI is InChI=1S/C11H21NO4/c1-7(2)10(11(15)16-4)12-9(14)6-5-8(3)13/h7-8,10,13H,5-6H2,1-4H3,(H,12,14). The number of nitrogens with one attached hydrogen (secondary N) is 1. The summed E-state index contributed by atoms with van der Waals surface area (Å²) in [6.07, 6.45) is 0.0803. The fraction of sp³-hybridized carbons (Fsp3) is 0.818. The van der Waals surface area contributed by atoms with Crippen molar-refractivity contribution in [1.29, 1.82) is 0 Å². The maximum atomic E-state index is 11.5. The van der Waals surface area contributed by atoms with E-state index in [1.807, 2.05) is 13.8 Å². The van der Waals surface area contributed by atoms with Crippen molar-refractivity contribution < 1.29 is 19.4 Å². The number of aliphatic hydroxyl groups is 1. The summed E-state index contributed by atoms with van der Waals surface area (Å²) in [5.74, 6) is -0.714. The molecule has 0 fully saturated rings. The maximum Gasteiger partial charge on any atom is 0.328 e. The number of hydrogen-bond donors (Lipinski definition) is 2. The molecule has 0 bridgehead atoms. The van der Waals surface area contributed by atoms with Crippen LogP contribution in [-0.4, -0.2) is 36.2 Å². The zero-order valence-corrected chi connectivity index (χ0v) is 10.3. The van der Waals surface area contributed by atoms with Crippen LogP contribution in [0.25, 0.3) is 0 Å². The molecule has 0 heterocycles. The first-order valence-electron chi connectivity index (χ1n) is 5.43. The van der Waals surface area contributed by atoms with Gasteiger partial charge >= 0.3 is 5.97 Å². The molecule has 0 rings (SSSR count). The van der Waals surface area contributed by atoms with Crippen molar-refractivity contribution >= 4 is 11.9 Å². The van der Waals surface area contributed by atoms with E-state index >= 15 is 0 Å². The van der Waals surface area contributed by atoms with Crippen molar-refractivity contribution in [3.63, 3.8) is 0 Å². The number of amides is 1. The molecule has 0 saturated carbocycles. The van der Waals surface area contributed by atoms with Crippen LogP contribution in [0.4, 0.5) is 0 Å². The molecule has 0 aliphatic carbocycles. The molecular weight excluding hydrogens is 210 g/mol. The molecule has 2 atom stereocenters. The lowest BCUT2D eigenvalue weighted by atomic mass is 10.0. The average molecular weight is 231 g/mol. The summed E-state index contributed by atoms with van der Waals surface area (Å²) >= 11 is 0. The van der Waals surface area contributed by atoms with Crippen LogP contribution in [0.3, 0.4) is 0 Å². The predicted octanol–water partition coefficient (Wildman–Crippen LogP) is 0.461. The second-order valence-electron chi connectivity index (χ2n) is 4.20. The van der Waals surface area contributed by atoms with E-state index in [2.05, 4.69) is 10.1 Å². The van der Waals surface area contributed by atoms with E-state index in [9.17, 15) is 9.59 Å². The summed E-state index contributed by atoms with van der Waals surface area (Å²) in [4.78, 5) is 22.8. The van der Waals surface area contributed by atoms with Gasteiger partial charge in [0.1, 0.15) is 6.04 Å². The van der Waals surface area contributed by atoms with Crippen LogP contribution >= 0.6 is 0 Å². The zero-order chi connectivity index (χ0) is 12.7. The van der Waals surface area contributed by atoms with Crippen molar-refractivity contribution in [3.8, 4) is 0 Å². The van der Waals surface area contributed by atoms with Crippen LogP contribution in [0.15, 0.2) is 0 Å². The number of esters is 1. The predicted molar refractivity (Wildman–Crippen MR) is 59.7 cm³/mol. The van der Waals surface area contributed by atoms with Crippen LogP contribution in [0, 0.1) is 5.92 Å². The second-order valence-corrected chi connectivity index (χ2v) is 4.20.